The van der Waals surface area contributed by atoms with Gasteiger partial charge in [0, 0.05) is 80.0 Å². The summed E-state index contributed by atoms with van der Waals surface area (Å²) in [5.74, 6) is 2.93. The van der Waals surface area contributed by atoms with Crippen LogP contribution in [0.1, 0.15) is 5.56 Å². The Hall–Kier alpha value is 0.731. The zero-order valence-electron chi connectivity index (χ0n) is 6.23. The smallest absolute Gasteiger partial charge is 0.123 e. The molecule has 0 atom stereocenters. The fraction of sp³-hybridized carbons (Fsp3) is 0. The van der Waals surface area contributed by atoms with Gasteiger partial charge in [-0.05, 0) is 12.1 Å². The van der Waals surface area contributed by atoms with Gasteiger partial charge in [0.15, 0.2) is 0 Å². The Balaban J connectivity index is -0.000000270. The first-order chi connectivity index (χ1) is 4.33. The fourth-order valence-electron chi connectivity index (χ4n) is 0.491. The molecule has 0 unspecified atom stereocenters. The van der Waals surface area contributed by atoms with Crippen LogP contribution in [0.25, 0.3) is 0 Å². The number of hydrogen-bond donors (Lipinski definition) is 1. The van der Waals surface area contributed by atoms with E-state index in [9.17, 15) is 0 Å². The molecule has 0 amide bonds. The maximum absolute atomic E-state index is 5.30. The van der Waals surface area contributed by atoms with E-state index in [1.54, 1.807) is 18.3 Å². The van der Waals surface area contributed by atoms with E-state index >= 15 is 0 Å². The van der Waals surface area contributed by atoms with Crippen LogP contribution in [0.2, 0.25) is 0 Å². The molecular weight excluding hydrogens is 452 g/mol. The van der Waals surface area contributed by atoms with E-state index in [1.807, 2.05) is 0 Å². The monoisotopic (exact) mass is 458 g/mol. The molecule has 0 aliphatic rings. The molecule has 58 valence electrons. The van der Waals surface area contributed by atoms with Crippen molar-refractivity contribution in [1.29, 1.82) is 0 Å². The predicted octanol–water partition coefficient (Wildman–Crippen LogP) is 0.640. The molecule has 0 aromatic carbocycles. The molecule has 2 radical (unpaired) electrons. The Morgan fingerprint density at radius 3 is 2.25 bits per heavy atom. The number of nitrogens with zero attached hydrogens (tertiary/aromatic N) is 1. The van der Waals surface area contributed by atoms with Crippen molar-refractivity contribution in [3.8, 4) is 12.3 Å². The largest absolute Gasteiger partial charge is 0.384 e. The summed E-state index contributed by atoms with van der Waals surface area (Å²) in [7, 11) is 0. The van der Waals surface area contributed by atoms with Crippen molar-refractivity contribution in [1.82, 2.24) is 4.98 Å². The molecule has 12 heavy (non-hydrogen) atoms. The van der Waals surface area contributed by atoms with Gasteiger partial charge in [-0.2, -0.15) is 0 Å². The molecule has 0 aliphatic carbocycles. The van der Waals surface area contributed by atoms with E-state index in [0.717, 1.165) is 5.56 Å². The van der Waals surface area contributed by atoms with E-state index in [4.69, 9.17) is 12.2 Å². The molecule has 1 aromatic heterocycles. The van der Waals surface area contributed by atoms with Crippen LogP contribution in [-0.4, -0.2) is 4.98 Å². The van der Waals surface area contributed by atoms with Gasteiger partial charge in [0.2, 0.25) is 0 Å². The Labute approximate surface area is 120 Å². The van der Waals surface area contributed by atoms with Crippen LogP contribution in [0.5, 0.6) is 0 Å². The minimum atomic E-state index is 0. The molecule has 2 N–H and O–H groups in total. The number of hydrogen-bond acceptors (Lipinski definition) is 2. The first-order valence-corrected chi connectivity index (χ1v) is 2.51. The molecule has 0 fully saturated rings. The van der Waals surface area contributed by atoms with Crippen molar-refractivity contribution in [2.24, 2.45) is 0 Å². The average molecular weight is 458 g/mol. The Kier molecular flexibility index (Phi) is 15.1. The van der Waals surface area contributed by atoms with Crippen LogP contribution in [0.4, 0.5) is 5.82 Å². The van der Waals surface area contributed by atoms with Gasteiger partial charge in [-0.25, -0.2) is 4.98 Å². The summed E-state index contributed by atoms with van der Waals surface area (Å²) in [4.78, 5) is 3.79. The molecule has 1 aromatic rings. The van der Waals surface area contributed by atoms with Crippen molar-refractivity contribution in [2.75, 3.05) is 5.73 Å². The Morgan fingerprint density at radius 1 is 1.33 bits per heavy atom. The maximum Gasteiger partial charge on any atom is 0.123 e. The fourth-order valence-corrected chi connectivity index (χ4v) is 0.491. The van der Waals surface area contributed by atoms with Gasteiger partial charge in [0.1, 0.15) is 5.82 Å². The van der Waals surface area contributed by atoms with E-state index in [1.165, 1.54) is 0 Å². The maximum atomic E-state index is 5.30. The van der Waals surface area contributed by atoms with Gasteiger partial charge >= 0.3 is 0 Å². The van der Waals surface area contributed by atoms with Crippen LogP contribution in [0.15, 0.2) is 18.3 Å². The van der Waals surface area contributed by atoms with Crippen LogP contribution >= 0.6 is 0 Å². The van der Waals surface area contributed by atoms with E-state index in [-0.39, 0.29) is 68.2 Å². The molecule has 0 aliphatic heterocycles. The minimum absolute atomic E-state index is 0. The molecule has 1 heterocycles. The summed E-state index contributed by atoms with van der Waals surface area (Å²) in [5.41, 5.74) is 6.06. The number of pyridine rings is 1. The SMILES string of the molecule is C#Cc1ccc(N)nc1.[U].[V].[V]. The van der Waals surface area contributed by atoms with Gasteiger partial charge in [0.25, 0.3) is 0 Å². The number of aromatic nitrogens is 1. The third-order valence-electron chi connectivity index (χ3n) is 0.953. The topological polar surface area (TPSA) is 38.9 Å². The first kappa shape index (κ1) is 18.5. The molecule has 0 saturated carbocycles. The van der Waals surface area contributed by atoms with Crippen molar-refractivity contribution in [3.63, 3.8) is 0 Å². The third-order valence-corrected chi connectivity index (χ3v) is 0.953. The summed E-state index contributed by atoms with van der Waals surface area (Å²) >= 11 is 0. The molecule has 0 spiro atoms. The van der Waals surface area contributed by atoms with E-state index < -0.39 is 0 Å². The third kappa shape index (κ3) is 6.27. The zero-order chi connectivity index (χ0) is 6.69. The number of nitrogens with two attached hydrogens (primary N) is 1. The number of nitrogen functional groups attached to an aromatic ring is 1. The number of terminal acetylenes is 1. The molecule has 0 saturated heterocycles. The van der Waals surface area contributed by atoms with Crippen LogP contribution in [0, 0.1) is 43.5 Å². The second kappa shape index (κ2) is 9.82. The van der Waals surface area contributed by atoms with Crippen LogP contribution in [0.3, 0.4) is 0 Å². The molecular formula is C7H6N2UV2. The first-order valence-electron chi connectivity index (χ1n) is 2.51. The molecule has 0 bridgehead atoms. The number of anilines is 1. The quantitative estimate of drug-likeness (QED) is 0.581. The minimum Gasteiger partial charge on any atom is -0.384 e. The second-order valence-corrected chi connectivity index (χ2v) is 1.62. The molecule has 1 rings (SSSR count). The predicted molar refractivity (Wildman–Crippen MR) is 36.6 cm³/mol. The van der Waals surface area contributed by atoms with Crippen molar-refractivity contribution < 1.29 is 68.2 Å². The zero-order valence-corrected chi connectivity index (χ0v) is 13.2. The van der Waals surface area contributed by atoms with Gasteiger partial charge in [0.05, 0.1) is 0 Å². The summed E-state index contributed by atoms with van der Waals surface area (Å²) in [6.45, 7) is 0. The van der Waals surface area contributed by atoms with Gasteiger partial charge in [-0.1, -0.05) is 5.92 Å². The molecule has 2 nitrogen and oxygen atoms in total. The average Bonchev–Trinajstić information content (AvgIpc) is 1.90. The standard InChI is InChI=1S/C7H6N2.U.2V/c1-2-6-3-4-7(8)9-5-6;;;/h1,3-5H,(H2,8,9);;;. The van der Waals surface area contributed by atoms with Crippen LogP contribution in [-0.2, 0) is 37.1 Å². The van der Waals surface area contributed by atoms with Gasteiger partial charge in [-0.3, -0.25) is 0 Å². The van der Waals surface area contributed by atoms with Crippen LogP contribution < -0.4 is 5.73 Å². The normalized spacial score (nSPS) is 6.25. The summed E-state index contributed by atoms with van der Waals surface area (Å²) in [5, 5.41) is 0. The summed E-state index contributed by atoms with van der Waals surface area (Å²) in [6.07, 6.45) is 6.63. The summed E-state index contributed by atoms with van der Waals surface area (Å²) < 4.78 is 0. The van der Waals surface area contributed by atoms with Gasteiger partial charge in [-0.15, -0.1) is 6.42 Å². The van der Waals surface area contributed by atoms with E-state index in [2.05, 4.69) is 10.9 Å². The molecule has 5 heteroatoms. The van der Waals surface area contributed by atoms with Crippen molar-refractivity contribution >= 4 is 5.82 Å². The van der Waals surface area contributed by atoms with Gasteiger partial charge < -0.3 is 5.73 Å². The number of rotatable bonds is 0. The van der Waals surface area contributed by atoms with Crippen molar-refractivity contribution in [2.45, 2.75) is 0 Å². The Bertz CT molecular complexity index is 243. The van der Waals surface area contributed by atoms with E-state index in [0.29, 0.717) is 5.82 Å². The second-order valence-electron chi connectivity index (χ2n) is 1.62. The summed E-state index contributed by atoms with van der Waals surface area (Å²) in [6, 6.07) is 3.43. The Morgan fingerprint density at radius 2 is 1.92 bits per heavy atom. The van der Waals surface area contributed by atoms with Crippen molar-refractivity contribution in [3.05, 3.63) is 23.9 Å².